The summed E-state index contributed by atoms with van der Waals surface area (Å²) in [6.45, 7) is 5.29. The van der Waals surface area contributed by atoms with Crippen LogP contribution in [-0.4, -0.2) is 22.9 Å². The van der Waals surface area contributed by atoms with Crippen LogP contribution in [0.25, 0.3) is 11.5 Å². The summed E-state index contributed by atoms with van der Waals surface area (Å²) in [6, 6.07) is 8.16. The predicted molar refractivity (Wildman–Crippen MR) is 80.0 cm³/mol. The Morgan fingerprint density at radius 3 is 2.60 bits per heavy atom. The summed E-state index contributed by atoms with van der Waals surface area (Å²) in [4.78, 5) is 2.01. The van der Waals surface area contributed by atoms with Gasteiger partial charge < -0.3 is 9.32 Å². The summed E-state index contributed by atoms with van der Waals surface area (Å²) in [7, 11) is 0. The molecule has 2 aromatic rings. The Bertz CT molecular complexity index is 623. The molecule has 1 aliphatic rings. The molecule has 0 unspecified atom stereocenters. The zero-order valence-electron chi connectivity index (χ0n) is 11.8. The lowest BCUT2D eigenvalue weighted by molar-refractivity contribution is -0.928. The smallest absolute Gasteiger partial charge is 0.292 e. The van der Waals surface area contributed by atoms with Gasteiger partial charge in [0.05, 0.1) is 13.1 Å². The quantitative estimate of drug-likeness (QED) is 0.880. The fourth-order valence-corrected chi connectivity index (χ4v) is 2.82. The van der Waals surface area contributed by atoms with Gasteiger partial charge in [0.15, 0.2) is 6.67 Å². The lowest BCUT2D eigenvalue weighted by atomic mass is 10.1. The number of piperidine rings is 1. The zero-order chi connectivity index (χ0) is 13.9. The highest BCUT2D eigenvalue weighted by molar-refractivity contribution is 7.71. The minimum absolute atomic E-state index is 0.471. The fourth-order valence-electron chi connectivity index (χ4n) is 2.64. The largest absolute Gasteiger partial charge is 0.409 e. The zero-order valence-corrected chi connectivity index (χ0v) is 12.6. The molecule has 1 aromatic carbocycles. The minimum Gasteiger partial charge on any atom is -0.409 e. The van der Waals surface area contributed by atoms with E-state index in [2.05, 4.69) is 24.2 Å². The van der Waals surface area contributed by atoms with Crippen molar-refractivity contribution >= 4 is 12.2 Å². The number of benzene rings is 1. The van der Waals surface area contributed by atoms with Crippen LogP contribution in [0, 0.1) is 11.8 Å². The number of aryl methyl sites for hydroxylation is 1. The number of hydrogen-bond donors (Lipinski definition) is 1. The molecule has 0 spiro atoms. The number of nitrogens with one attached hydrogen (secondary N) is 1. The van der Waals surface area contributed by atoms with Gasteiger partial charge in [0.1, 0.15) is 0 Å². The summed E-state index contributed by atoms with van der Waals surface area (Å²) < 4.78 is 7.46. The van der Waals surface area contributed by atoms with Crippen molar-refractivity contribution in [1.82, 2.24) is 9.78 Å². The second kappa shape index (κ2) is 5.89. The highest BCUT2D eigenvalue weighted by Gasteiger charge is 2.16. The standard InChI is InChI=1S/C15H19N3OS/c1-12-5-7-13(8-6-12)14-16-18(15(20)19-14)11-17-9-3-2-4-10-17/h5-8H,2-4,9-11H2,1H3/p+1. The molecule has 1 N–H and O–H groups in total. The van der Waals surface area contributed by atoms with Crippen molar-refractivity contribution in [2.24, 2.45) is 0 Å². The van der Waals surface area contributed by atoms with Crippen molar-refractivity contribution in [3.63, 3.8) is 0 Å². The molecule has 106 valence electrons. The molecule has 0 bridgehead atoms. The molecule has 0 radical (unpaired) electrons. The third kappa shape index (κ3) is 2.99. The molecular formula is C15H20N3OS+. The van der Waals surface area contributed by atoms with E-state index in [1.54, 1.807) is 0 Å². The first-order valence-corrected chi connectivity index (χ1v) is 7.62. The van der Waals surface area contributed by atoms with Crippen molar-refractivity contribution in [2.45, 2.75) is 32.9 Å². The Morgan fingerprint density at radius 2 is 1.90 bits per heavy atom. The highest BCUT2D eigenvalue weighted by atomic mass is 32.1. The van der Waals surface area contributed by atoms with Crippen molar-refractivity contribution in [1.29, 1.82) is 0 Å². The van der Waals surface area contributed by atoms with Crippen molar-refractivity contribution in [2.75, 3.05) is 13.1 Å². The first-order valence-electron chi connectivity index (χ1n) is 7.21. The van der Waals surface area contributed by atoms with Gasteiger partial charge in [0.2, 0.25) is 5.89 Å². The number of quaternary nitrogens is 1. The molecule has 3 rings (SSSR count). The van der Waals surface area contributed by atoms with Crippen molar-refractivity contribution in [3.05, 3.63) is 34.7 Å². The van der Waals surface area contributed by atoms with E-state index < -0.39 is 0 Å². The third-order valence-corrected chi connectivity index (χ3v) is 4.13. The van der Waals surface area contributed by atoms with Crippen LogP contribution in [0.3, 0.4) is 0 Å². The Labute approximate surface area is 124 Å². The number of aromatic nitrogens is 2. The Kier molecular flexibility index (Phi) is 3.98. The normalized spacial score (nSPS) is 16.4. The van der Waals surface area contributed by atoms with E-state index in [1.807, 2.05) is 16.8 Å². The molecule has 2 heterocycles. The molecule has 1 saturated heterocycles. The average Bonchev–Trinajstić information content (AvgIpc) is 2.82. The molecule has 4 nitrogen and oxygen atoms in total. The van der Waals surface area contributed by atoms with E-state index in [9.17, 15) is 0 Å². The first-order chi connectivity index (χ1) is 9.72. The molecule has 5 heteroatoms. The van der Waals surface area contributed by atoms with E-state index >= 15 is 0 Å². The summed E-state index contributed by atoms with van der Waals surface area (Å²) in [5.74, 6) is 0.617. The van der Waals surface area contributed by atoms with E-state index in [0.717, 1.165) is 12.2 Å². The van der Waals surface area contributed by atoms with Gasteiger partial charge in [-0.1, -0.05) is 17.7 Å². The molecule has 1 aliphatic heterocycles. The SMILES string of the molecule is Cc1ccc(-c2nn(C[NH+]3CCCCC3)c(=S)o2)cc1. The van der Waals surface area contributed by atoms with E-state index in [-0.39, 0.29) is 0 Å². The number of hydrogen-bond acceptors (Lipinski definition) is 3. The first kappa shape index (κ1) is 13.5. The van der Waals surface area contributed by atoms with E-state index in [0.29, 0.717) is 10.7 Å². The molecule has 0 saturated carbocycles. The van der Waals surface area contributed by atoms with Gasteiger partial charge >= 0.3 is 0 Å². The van der Waals surface area contributed by atoms with Crippen LogP contribution in [0.5, 0.6) is 0 Å². The van der Waals surface area contributed by atoms with Gasteiger partial charge in [-0.05, 0) is 50.5 Å². The molecular weight excluding hydrogens is 270 g/mol. The Balaban J connectivity index is 1.79. The van der Waals surface area contributed by atoms with Gasteiger partial charge in [0.25, 0.3) is 4.84 Å². The number of likely N-dealkylation sites (tertiary alicyclic amines) is 1. The van der Waals surface area contributed by atoms with Crippen molar-refractivity contribution in [3.8, 4) is 11.5 Å². The second-order valence-corrected chi connectivity index (χ2v) is 5.86. The maximum atomic E-state index is 5.64. The van der Waals surface area contributed by atoms with Crippen LogP contribution in [-0.2, 0) is 6.67 Å². The van der Waals surface area contributed by atoms with Gasteiger partial charge in [-0.15, -0.1) is 5.10 Å². The Morgan fingerprint density at radius 1 is 1.20 bits per heavy atom. The summed E-state index contributed by atoms with van der Waals surface area (Å²) in [6.07, 6.45) is 3.94. The Hall–Kier alpha value is -1.46. The molecule has 20 heavy (non-hydrogen) atoms. The van der Waals surface area contributed by atoms with E-state index in [1.165, 1.54) is 42.8 Å². The van der Waals surface area contributed by atoms with Gasteiger partial charge in [-0.25, -0.2) is 0 Å². The third-order valence-electron chi connectivity index (χ3n) is 3.84. The van der Waals surface area contributed by atoms with E-state index in [4.69, 9.17) is 16.6 Å². The van der Waals surface area contributed by atoms with Crippen molar-refractivity contribution < 1.29 is 9.32 Å². The maximum Gasteiger partial charge on any atom is 0.292 e. The van der Waals surface area contributed by atoms with Gasteiger partial charge in [-0.2, -0.15) is 4.68 Å². The van der Waals surface area contributed by atoms with Crippen LogP contribution in [0.2, 0.25) is 0 Å². The lowest BCUT2D eigenvalue weighted by Gasteiger charge is -2.22. The maximum absolute atomic E-state index is 5.64. The average molecular weight is 290 g/mol. The van der Waals surface area contributed by atoms with Crippen LogP contribution >= 0.6 is 12.2 Å². The topological polar surface area (TPSA) is 35.4 Å². The predicted octanol–water partition coefficient (Wildman–Crippen LogP) is 2.21. The van der Waals surface area contributed by atoms with Gasteiger partial charge in [-0.3, -0.25) is 0 Å². The minimum atomic E-state index is 0.471. The monoisotopic (exact) mass is 290 g/mol. The molecule has 0 atom stereocenters. The summed E-state index contributed by atoms with van der Waals surface area (Å²) >= 11 is 5.29. The summed E-state index contributed by atoms with van der Waals surface area (Å²) in [5.41, 5.74) is 2.21. The number of rotatable bonds is 3. The molecule has 1 aromatic heterocycles. The highest BCUT2D eigenvalue weighted by Crippen LogP contribution is 2.17. The molecule has 1 fully saturated rings. The second-order valence-electron chi connectivity index (χ2n) is 5.51. The fraction of sp³-hybridized carbons (Fsp3) is 0.467. The van der Waals surface area contributed by atoms with Crippen LogP contribution in [0.15, 0.2) is 28.7 Å². The lowest BCUT2D eigenvalue weighted by Crippen LogP contribution is -3.12. The molecule has 0 amide bonds. The molecule has 0 aliphatic carbocycles. The van der Waals surface area contributed by atoms with Gasteiger partial charge in [0, 0.05) is 5.56 Å². The number of nitrogens with zero attached hydrogens (tertiary/aromatic N) is 2. The van der Waals surface area contributed by atoms with Crippen LogP contribution in [0.4, 0.5) is 0 Å². The van der Waals surface area contributed by atoms with Crippen LogP contribution in [0.1, 0.15) is 24.8 Å². The summed E-state index contributed by atoms with van der Waals surface area (Å²) in [5, 5.41) is 4.53. The van der Waals surface area contributed by atoms with Crippen LogP contribution < -0.4 is 4.90 Å².